The Bertz CT molecular complexity index is 916. The van der Waals surface area contributed by atoms with Crippen LogP contribution in [0.3, 0.4) is 0 Å². The number of nitrogens with two attached hydrogens (primary N) is 1. The Morgan fingerprint density at radius 1 is 1.03 bits per heavy atom. The predicted octanol–water partition coefficient (Wildman–Crippen LogP) is 2.97. The number of hydrogen-bond donors (Lipinski definition) is 1. The van der Waals surface area contributed by atoms with Gasteiger partial charge in [0.25, 0.3) is 5.91 Å². The van der Waals surface area contributed by atoms with Gasteiger partial charge >= 0.3 is 0 Å². The normalized spacial score (nSPS) is 19.0. The molecule has 0 saturated carbocycles. The van der Waals surface area contributed by atoms with Gasteiger partial charge in [-0.25, -0.2) is 0 Å². The van der Waals surface area contributed by atoms with Crippen LogP contribution in [-0.2, 0) is 16.0 Å². The van der Waals surface area contributed by atoms with Gasteiger partial charge in [-0.2, -0.15) is 10.1 Å². The average molecular weight is 422 g/mol. The van der Waals surface area contributed by atoms with Crippen molar-refractivity contribution in [3.63, 3.8) is 0 Å². The number of nitrogen functional groups attached to an aromatic ring is 1. The number of amidine groups is 1. The van der Waals surface area contributed by atoms with Crippen LogP contribution in [0.1, 0.15) is 19.4 Å². The van der Waals surface area contributed by atoms with E-state index in [1.807, 2.05) is 12.1 Å². The van der Waals surface area contributed by atoms with Crippen molar-refractivity contribution < 1.29 is 9.53 Å². The third-order valence-corrected chi connectivity index (χ3v) is 6.00. The Balaban J connectivity index is 1.59. The molecule has 2 aliphatic heterocycles. The SMILES string of the molecule is CCN(CC)c1ccc(C[C@H]2C(=O)N(c3ccc(N)cc3)N=C2N2CCOCC2)cc1. The summed E-state index contributed by atoms with van der Waals surface area (Å²) in [6.07, 6.45) is 0.624. The second-order valence-electron chi connectivity index (χ2n) is 7.89. The molecule has 0 aliphatic carbocycles. The molecule has 2 N–H and O–H groups in total. The van der Waals surface area contributed by atoms with E-state index in [4.69, 9.17) is 15.6 Å². The molecule has 0 aromatic heterocycles. The molecule has 0 bridgehead atoms. The molecule has 2 aliphatic rings. The summed E-state index contributed by atoms with van der Waals surface area (Å²) in [7, 11) is 0. The van der Waals surface area contributed by atoms with E-state index >= 15 is 0 Å². The van der Waals surface area contributed by atoms with Gasteiger partial charge in [-0.3, -0.25) is 4.79 Å². The number of anilines is 3. The fourth-order valence-corrected chi connectivity index (χ4v) is 4.20. The summed E-state index contributed by atoms with van der Waals surface area (Å²) in [5, 5.41) is 6.29. The van der Waals surface area contributed by atoms with Crippen molar-refractivity contribution in [3.8, 4) is 0 Å². The van der Waals surface area contributed by atoms with Crippen molar-refractivity contribution in [1.82, 2.24) is 4.90 Å². The molecule has 2 heterocycles. The standard InChI is InChI=1S/C24H31N5O2/c1-3-27(4-2)20-9-5-18(6-10-20)17-22-23(28-13-15-31-16-14-28)26-29(24(22)30)21-11-7-19(25)8-12-21/h5-12,22H,3-4,13-17,25H2,1-2H3/t22-/m1/s1. The monoisotopic (exact) mass is 421 g/mol. The summed E-state index contributed by atoms with van der Waals surface area (Å²) in [4.78, 5) is 17.9. The van der Waals surface area contributed by atoms with Crippen molar-refractivity contribution in [3.05, 3.63) is 54.1 Å². The highest BCUT2D eigenvalue weighted by Crippen LogP contribution is 2.29. The number of amides is 1. The molecule has 1 amide bonds. The first kappa shape index (κ1) is 21.2. The Kier molecular flexibility index (Phi) is 6.42. The highest BCUT2D eigenvalue weighted by atomic mass is 16.5. The van der Waals surface area contributed by atoms with Crippen LogP contribution in [0.2, 0.25) is 0 Å². The quantitative estimate of drug-likeness (QED) is 0.726. The first-order valence-electron chi connectivity index (χ1n) is 11.0. The largest absolute Gasteiger partial charge is 0.399 e. The molecule has 7 nitrogen and oxygen atoms in total. The zero-order valence-corrected chi connectivity index (χ0v) is 18.3. The number of carbonyl (C=O) groups excluding carboxylic acids is 1. The number of rotatable bonds is 6. The van der Waals surface area contributed by atoms with Crippen LogP contribution in [0.5, 0.6) is 0 Å². The maximum atomic E-state index is 13.4. The average Bonchev–Trinajstić information content (AvgIpc) is 3.13. The van der Waals surface area contributed by atoms with Gasteiger partial charge in [0.2, 0.25) is 0 Å². The Morgan fingerprint density at radius 3 is 2.29 bits per heavy atom. The summed E-state index contributed by atoms with van der Waals surface area (Å²) < 4.78 is 5.51. The molecule has 1 atom stereocenters. The molecule has 164 valence electrons. The zero-order chi connectivity index (χ0) is 21.8. The van der Waals surface area contributed by atoms with Gasteiger partial charge in [-0.15, -0.1) is 0 Å². The minimum atomic E-state index is -0.310. The maximum absolute atomic E-state index is 13.4. The Hall–Kier alpha value is -3.06. The van der Waals surface area contributed by atoms with E-state index in [2.05, 4.69) is 47.9 Å². The second kappa shape index (κ2) is 9.39. The number of hydrazone groups is 1. The lowest BCUT2D eigenvalue weighted by atomic mass is 9.96. The fourth-order valence-electron chi connectivity index (χ4n) is 4.20. The van der Waals surface area contributed by atoms with Gasteiger partial charge in [-0.1, -0.05) is 12.1 Å². The maximum Gasteiger partial charge on any atom is 0.258 e. The van der Waals surface area contributed by atoms with Crippen LogP contribution in [-0.4, -0.2) is 56.0 Å². The smallest absolute Gasteiger partial charge is 0.258 e. The molecule has 31 heavy (non-hydrogen) atoms. The van der Waals surface area contributed by atoms with E-state index in [1.54, 1.807) is 12.1 Å². The van der Waals surface area contributed by atoms with E-state index in [-0.39, 0.29) is 11.8 Å². The number of ether oxygens (including phenoxy) is 1. The molecule has 2 aromatic rings. The lowest BCUT2D eigenvalue weighted by Gasteiger charge is -2.30. The van der Waals surface area contributed by atoms with Crippen molar-refractivity contribution >= 4 is 28.8 Å². The van der Waals surface area contributed by atoms with Gasteiger partial charge < -0.3 is 20.3 Å². The van der Waals surface area contributed by atoms with Crippen molar-refractivity contribution in [1.29, 1.82) is 0 Å². The van der Waals surface area contributed by atoms with Crippen LogP contribution < -0.4 is 15.6 Å². The minimum Gasteiger partial charge on any atom is -0.399 e. The first-order valence-corrected chi connectivity index (χ1v) is 11.0. The van der Waals surface area contributed by atoms with Crippen molar-refractivity contribution in [2.24, 2.45) is 11.0 Å². The van der Waals surface area contributed by atoms with E-state index in [1.165, 1.54) is 10.7 Å². The third-order valence-electron chi connectivity index (χ3n) is 6.00. The van der Waals surface area contributed by atoms with Gasteiger partial charge in [0.1, 0.15) is 11.8 Å². The predicted molar refractivity (Wildman–Crippen MR) is 125 cm³/mol. The summed E-state index contributed by atoms with van der Waals surface area (Å²) in [5.41, 5.74) is 9.57. The Labute approximate surface area is 184 Å². The highest BCUT2D eigenvalue weighted by Gasteiger charge is 2.39. The fraction of sp³-hybridized carbons (Fsp3) is 0.417. The third kappa shape index (κ3) is 4.51. The highest BCUT2D eigenvalue weighted by molar-refractivity contribution is 6.15. The summed E-state index contributed by atoms with van der Waals surface area (Å²) in [6.45, 7) is 9.07. The van der Waals surface area contributed by atoms with Gasteiger partial charge in [0.05, 0.1) is 18.9 Å². The number of hydrogen-bond acceptors (Lipinski definition) is 6. The van der Waals surface area contributed by atoms with Gasteiger partial charge in [-0.05, 0) is 62.2 Å². The summed E-state index contributed by atoms with van der Waals surface area (Å²) in [6, 6.07) is 15.8. The molecule has 0 unspecified atom stereocenters. The van der Waals surface area contributed by atoms with E-state index in [0.717, 1.165) is 43.3 Å². The van der Waals surface area contributed by atoms with E-state index in [9.17, 15) is 4.79 Å². The second-order valence-corrected chi connectivity index (χ2v) is 7.89. The van der Waals surface area contributed by atoms with E-state index < -0.39 is 0 Å². The molecular weight excluding hydrogens is 390 g/mol. The lowest BCUT2D eigenvalue weighted by Crippen LogP contribution is -2.44. The molecule has 2 aromatic carbocycles. The Morgan fingerprint density at radius 2 is 1.68 bits per heavy atom. The summed E-state index contributed by atoms with van der Waals surface area (Å²) >= 11 is 0. The van der Waals surface area contributed by atoms with Crippen LogP contribution in [0.15, 0.2) is 53.6 Å². The van der Waals surface area contributed by atoms with Crippen LogP contribution in [0.4, 0.5) is 17.1 Å². The number of nitrogens with zero attached hydrogens (tertiary/aromatic N) is 4. The minimum absolute atomic E-state index is 0.000849. The molecule has 1 saturated heterocycles. The number of carbonyl (C=O) groups is 1. The molecule has 1 fully saturated rings. The van der Waals surface area contributed by atoms with Crippen LogP contribution in [0, 0.1) is 5.92 Å². The van der Waals surface area contributed by atoms with Crippen LogP contribution in [0.25, 0.3) is 0 Å². The molecule has 4 rings (SSSR count). The van der Waals surface area contributed by atoms with Crippen molar-refractivity contribution in [2.75, 3.05) is 55.0 Å². The van der Waals surface area contributed by atoms with Crippen LogP contribution >= 0.6 is 0 Å². The first-order chi connectivity index (χ1) is 15.1. The molecule has 0 spiro atoms. The molecule has 7 heteroatoms. The zero-order valence-electron chi connectivity index (χ0n) is 18.3. The number of morpholine rings is 1. The number of benzene rings is 2. The van der Waals surface area contributed by atoms with E-state index in [0.29, 0.717) is 25.3 Å². The van der Waals surface area contributed by atoms with Crippen molar-refractivity contribution in [2.45, 2.75) is 20.3 Å². The van der Waals surface area contributed by atoms with Gasteiger partial charge in [0, 0.05) is 37.6 Å². The molecular formula is C24H31N5O2. The lowest BCUT2D eigenvalue weighted by molar-refractivity contribution is -0.119. The molecule has 0 radical (unpaired) electrons. The summed E-state index contributed by atoms with van der Waals surface area (Å²) in [5.74, 6) is 0.520. The topological polar surface area (TPSA) is 74.4 Å². The van der Waals surface area contributed by atoms with Gasteiger partial charge in [0.15, 0.2) is 0 Å².